The van der Waals surface area contributed by atoms with Gasteiger partial charge in [-0.1, -0.05) is 26.0 Å². The highest BCUT2D eigenvalue weighted by atomic mass is 16.5. The lowest BCUT2D eigenvalue weighted by Gasteiger charge is -2.23. The SMILES string of the molecule is COc1cc(C)c(/C(O)=C2\C(=O)C(=O)N(c3nc4ccccc4[nH]3)C2c2ccncc2)cc1C(C)C. The molecule has 1 fully saturated rings. The third kappa shape index (κ3) is 3.71. The zero-order valence-electron chi connectivity index (χ0n) is 20.4. The van der Waals surface area contributed by atoms with E-state index in [4.69, 9.17) is 4.74 Å². The van der Waals surface area contributed by atoms with Crippen molar-refractivity contribution in [3.05, 3.63) is 88.8 Å². The number of rotatable bonds is 5. The van der Waals surface area contributed by atoms with Crippen molar-refractivity contribution in [3.63, 3.8) is 0 Å². The highest BCUT2D eigenvalue weighted by Crippen LogP contribution is 2.43. The van der Waals surface area contributed by atoms with Crippen LogP contribution in [0.3, 0.4) is 0 Å². The van der Waals surface area contributed by atoms with Gasteiger partial charge in [0.1, 0.15) is 11.5 Å². The summed E-state index contributed by atoms with van der Waals surface area (Å²) in [5, 5.41) is 11.6. The van der Waals surface area contributed by atoms with E-state index in [0.29, 0.717) is 22.4 Å². The molecule has 36 heavy (non-hydrogen) atoms. The number of imidazole rings is 1. The van der Waals surface area contributed by atoms with Crippen molar-refractivity contribution in [2.24, 2.45) is 0 Å². The number of carbonyl (C=O) groups excluding carboxylic acids is 2. The predicted octanol–water partition coefficient (Wildman–Crippen LogP) is 5.02. The maximum absolute atomic E-state index is 13.5. The Morgan fingerprint density at radius 3 is 2.50 bits per heavy atom. The van der Waals surface area contributed by atoms with Gasteiger partial charge >= 0.3 is 5.91 Å². The molecule has 2 aromatic carbocycles. The number of aliphatic hydroxyl groups is 1. The van der Waals surface area contributed by atoms with E-state index in [9.17, 15) is 14.7 Å². The molecule has 2 aromatic heterocycles. The van der Waals surface area contributed by atoms with E-state index in [1.54, 1.807) is 31.6 Å². The summed E-state index contributed by atoms with van der Waals surface area (Å²) in [4.78, 5) is 40.0. The lowest BCUT2D eigenvalue weighted by atomic mass is 9.91. The Morgan fingerprint density at radius 2 is 1.83 bits per heavy atom. The molecule has 1 aliphatic heterocycles. The highest BCUT2D eigenvalue weighted by molar-refractivity contribution is 6.51. The zero-order chi connectivity index (χ0) is 25.6. The molecular formula is C28H26N4O4. The Labute approximate surface area is 208 Å². The van der Waals surface area contributed by atoms with Crippen molar-refractivity contribution in [2.75, 3.05) is 12.0 Å². The number of pyridine rings is 1. The number of aromatic amines is 1. The first kappa shape index (κ1) is 23.3. The fourth-order valence-corrected chi connectivity index (χ4v) is 4.69. The van der Waals surface area contributed by atoms with E-state index < -0.39 is 17.7 Å². The summed E-state index contributed by atoms with van der Waals surface area (Å²) in [6.07, 6.45) is 3.17. The molecule has 8 nitrogen and oxygen atoms in total. The van der Waals surface area contributed by atoms with Gasteiger partial charge in [0.25, 0.3) is 5.78 Å². The summed E-state index contributed by atoms with van der Waals surface area (Å²) in [6, 6.07) is 13.6. The first-order chi connectivity index (χ1) is 17.3. The van der Waals surface area contributed by atoms with E-state index in [2.05, 4.69) is 15.0 Å². The summed E-state index contributed by atoms with van der Waals surface area (Å²) in [5.74, 6) is -0.749. The van der Waals surface area contributed by atoms with Gasteiger partial charge in [0, 0.05) is 18.0 Å². The number of fused-ring (bicyclic) bond motifs is 1. The van der Waals surface area contributed by atoms with Gasteiger partial charge in [-0.3, -0.25) is 19.5 Å². The zero-order valence-corrected chi connectivity index (χ0v) is 20.4. The number of aliphatic hydroxyl groups excluding tert-OH is 1. The van der Waals surface area contributed by atoms with Crippen molar-refractivity contribution in [2.45, 2.75) is 32.7 Å². The molecule has 0 aliphatic carbocycles. The molecule has 1 amide bonds. The molecule has 8 heteroatoms. The van der Waals surface area contributed by atoms with E-state index in [1.807, 2.05) is 57.2 Å². The van der Waals surface area contributed by atoms with Crippen LogP contribution in [0.25, 0.3) is 16.8 Å². The van der Waals surface area contributed by atoms with Crippen LogP contribution in [0.15, 0.2) is 66.5 Å². The molecule has 3 heterocycles. The first-order valence-electron chi connectivity index (χ1n) is 11.7. The topological polar surface area (TPSA) is 108 Å². The Balaban J connectivity index is 1.75. The minimum atomic E-state index is -0.891. The van der Waals surface area contributed by atoms with Gasteiger partial charge in [-0.2, -0.15) is 0 Å². The van der Waals surface area contributed by atoms with Gasteiger partial charge < -0.3 is 14.8 Å². The van der Waals surface area contributed by atoms with Gasteiger partial charge in [-0.05, 0) is 65.9 Å². The van der Waals surface area contributed by atoms with E-state index in [1.165, 1.54) is 4.90 Å². The number of hydrogen-bond donors (Lipinski definition) is 2. The molecule has 5 rings (SSSR count). The number of anilines is 1. The predicted molar refractivity (Wildman–Crippen MR) is 137 cm³/mol. The van der Waals surface area contributed by atoms with E-state index in [-0.39, 0.29) is 23.2 Å². The third-order valence-electron chi connectivity index (χ3n) is 6.53. The first-order valence-corrected chi connectivity index (χ1v) is 11.7. The summed E-state index contributed by atoms with van der Waals surface area (Å²) in [5.41, 5.74) is 4.09. The maximum atomic E-state index is 13.5. The van der Waals surface area contributed by atoms with Crippen LogP contribution in [-0.4, -0.2) is 38.9 Å². The number of ketones is 1. The average Bonchev–Trinajstić information content (AvgIpc) is 3.42. The fraction of sp³-hybridized carbons (Fsp3) is 0.214. The van der Waals surface area contributed by atoms with E-state index in [0.717, 1.165) is 16.6 Å². The second-order valence-corrected chi connectivity index (χ2v) is 9.09. The molecule has 0 bridgehead atoms. The number of Topliss-reactive ketones (excluding diaryl/α,β-unsaturated/α-hetero) is 1. The fourth-order valence-electron chi connectivity index (χ4n) is 4.69. The van der Waals surface area contributed by atoms with Gasteiger partial charge in [0.05, 0.1) is 29.8 Å². The molecule has 0 radical (unpaired) electrons. The summed E-state index contributed by atoms with van der Waals surface area (Å²) in [6.45, 7) is 5.88. The largest absolute Gasteiger partial charge is 0.507 e. The van der Waals surface area contributed by atoms with Crippen molar-refractivity contribution in [1.82, 2.24) is 15.0 Å². The number of para-hydroxylation sites is 2. The number of carbonyl (C=O) groups is 2. The number of hydrogen-bond acceptors (Lipinski definition) is 6. The van der Waals surface area contributed by atoms with Crippen LogP contribution in [0.5, 0.6) is 5.75 Å². The molecule has 4 aromatic rings. The van der Waals surface area contributed by atoms with Gasteiger partial charge in [0.15, 0.2) is 0 Å². The smallest absolute Gasteiger partial charge is 0.302 e. The number of nitrogens with zero attached hydrogens (tertiary/aromatic N) is 3. The number of aromatic nitrogens is 3. The quantitative estimate of drug-likeness (QED) is 0.235. The number of benzene rings is 2. The highest BCUT2D eigenvalue weighted by Gasteiger charge is 2.48. The van der Waals surface area contributed by atoms with Crippen molar-refractivity contribution >= 4 is 34.4 Å². The monoisotopic (exact) mass is 482 g/mol. The molecule has 182 valence electrons. The standard InChI is InChI=1S/C28H26N4O4/c1-15(2)18-14-19(16(3)13-22(18)36-4)25(33)23-24(17-9-11-29-12-10-17)32(27(35)26(23)34)28-30-20-7-5-6-8-21(20)31-28/h5-15,24,33H,1-4H3,(H,30,31)/b25-23+. The molecule has 2 N–H and O–H groups in total. The number of aryl methyl sites for hydroxylation is 1. The molecule has 1 atom stereocenters. The third-order valence-corrected chi connectivity index (χ3v) is 6.53. The second kappa shape index (κ2) is 8.96. The summed E-state index contributed by atoms with van der Waals surface area (Å²) in [7, 11) is 1.60. The second-order valence-electron chi connectivity index (χ2n) is 9.09. The lowest BCUT2D eigenvalue weighted by Crippen LogP contribution is -2.30. The summed E-state index contributed by atoms with van der Waals surface area (Å²) >= 11 is 0. The van der Waals surface area contributed by atoms with Crippen LogP contribution >= 0.6 is 0 Å². The van der Waals surface area contributed by atoms with Crippen LogP contribution in [0.1, 0.15) is 48.1 Å². The van der Waals surface area contributed by atoms with Crippen LogP contribution in [0, 0.1) is 6.92 Å². The Kier molecular flexibility index (Phi) is 5.80. The lowest BCUT2D eigenvalue weighted by molar-refractivity contribution is -0.132. The molecule has 0 saturated carbocycles. The molecular weight excluding hydrogens is 456 g/mol. The van der Waals surface area contributed by atoms with Crippen molar-refractivity contribution in [1.29, 1.82) is 0 Å². The average molecular weight is 483 g/mol. The Hall–Kier alpha value is -4.46. The molecule has 0 spiro atoms. The molecule has 1 aliphatic rings. The van der Waals surface area contributed by atoms with Crippen LogP contribution < -0.4 is 9.64 Å². The number of nitrogens with one attached hydrogen (secondary N) is 1. The normalized spacial score (nSPS) is 17.4. The number of methoxy groups -OCH3 is 1. The number of ether oxygens (including phenoxy) is 1. The van der Waals surface area contributed by atoms with Gasteiger partial charge in [-0.15, -0.1) is 0 Å². The van der Waals surface area contributed by atoms with Crippen molar-refractivity contribution < 1.29 is 19.4 Å². The van der Waals surface area contributed by atoms with Gasteiger partial charge in [0.2, 0.25) is 5.95 Å². The molecule has 1 saturated heterocycles. The number of H-pyrrole nitrogens is 1. The Bertz CT molecular complexity index is 1490. The van der Waals surface area contributed by atoms with Crippen LogP contribution in [-0.2, 0) is 9.59 Å². The maximum Gasteiger partial charge on any atom is 0.302 e. The Morgan fingerprint density at radius 1 is 1.11 bits per heavy atom. The van der Waals surface area contributed by atoms with Gasteiger partial charge in [-0.25, -0.2) is 4.98 Å². The van der Waals surface area contributed by atoms with Crippen molar-refractivity contribution in [3.8, 4) is 5.75 Å². The minimum Gasteiger partial charge on any atom is -0.507 e. The summed E-state index contributed by atoms with van der Waals surface area (Å²) < 4.78 is 5.53. The van der Waals surface area contributed by atoms with E-state index >= 15 is 0 Å². The van der Waals surface area contributed by atoms with Crippen LogP contribution in [0.4, 0.5) is 5.95 Å². The van der Waals surface area contributed by atoms with Crippen LogP contribution in [0.2, 0.25) is 0 Å². The minimum absolute atomic E-state index is 0.00497. The molecule has 1 unspecified atom stereocenters. The number of amides is 1.